The van der Waals surface area contributed by atoms with Gasteiger partial charge in [-0.15, -0.1) is 0 Å². The molecule has 2 aromatic carbocycles. The van der Waals surface area contributed by atoms with Gasteiger partial charge < -0.3 is 15.1 Å². The molecular weight excluding hydrogens is 441 g/mol. The summed E-state index contributed by atoms with van der Waals surface area (Å²) in [7, 11) is 0. The number of urea groups is 1. The van der Waals surface area contributed by atoms with E-state index in [1.807, 2.05) is 46.0 Å². The van der Waals surface area contributed by atoms with Crippen molar-refractivity contribution in [1.82, 2.24) is 20.0 Å². The number of carbonyl (C=O) groups is 1. The van der Waals surface area contributed by atoms with Crippen LogP contribution in [-0.2, 0) is 12.0 Å². The SMILES string of the molecule is CC(C)(C)c1cc(CNC(=O)N2CCN(c3ccccc3F)CC2)n(-c2cccc(Cl)c2)n1. The molecule has 8 heteroatoms. The molecule has 6 nitrogen and oxygen atoms in total. The minimum atomic E-state index is -0.237. The first-order valence-electron chi connectivity index (χ1n) is 11.1. The normalized spacial score (nSPS) is 14.5. The van der Waals surface area contributed by atoms with Crippen molar-refractivity contribution < 1.29 is 9.18 Å². The molecule has 0 unspecified atom stereocenters. The van der Waals surface area contributed by atoms with Crippen LogP contribution in [0.5, 0.6) is 0 Å². The predicted molar refractivity (Wildman–Crippen MR) is 130 cm³/mol. The zero-order chi connectivity index (χ0) is 23.6. The Morgan fingerprint density at radius 1 is 1.06 bits per heavy atom. The molecule has 2 heterocycles. The summed E-state index contributed by atoms with van der Waals surface area (Å²) in [6.07, 6.45) is 0. The Bertz CT molecular complexity index is 1130. The Morgan fingerprint density at radius 3 is 2.45 bits per heavy atom. The Hall–Kier alpha value is -3.06. The lowest BCUT2D eigenvalue weighted by Crippen LogP contribution is -2.52. The van der Waals surface area contributed by atoms with Crippen molar-refractivity contribution in [3.63, 3.8) is 0 Å². The fourth-order valence-corrected chi connectivity index (χ4v) is 4.06. The highest BCUT2D eigenvalue weighted by Gasteiger charge is 2.24. The summed E-state index contributed by atoms with van der Waals surface area (Å²) in [5, 5.41) is 8.44. The molecule has 0 aliphatic carbocycles. The third-order valence-corrected chi connectivity index (χ3v) is 6.02. The zero-order valence-corrected chi connectivity index (χ0v) is 19.9. The summed E-state index contributed by atoms with van der Waals surface area (Å²) >= 11 is 6.19. The minimum Gasteiger partial charge on any atom is -0.366 e. The van der Waals surface area contributed by atoms with E-state index in [-0.39, 0.29) is 17.3 Å². The molecule has 1 saturated heterocycles. The monoisotopic (exact) mass is 469 g/mol. The van der Waals surface area contributed by atoms with Gasteiger partial charge in [0.1, 0.15) is 5.82 Å². The van der Waals surface area contributed by atoms with E-state index in [0.29, 0.717) is 43.4 Å². The molecule has 4 rings (SSSR count). The largest absolute Gasteiger partial charge is 0.366 e. The highest BCUT2D eigenvalue weighted by molar-refractivity contribution is 6.30. The fourth-order valence-electron chi connectivity index (χ4n) is 3.88. The highest BCUT2D eigenvalue weighted by Crippen LogP contribution is 2.25. The maximum absolute atomic E-state index is 14.1. The number of benzene rings is 2. The lowest BCUT2D eigenvalue weighted by atomic mass is 9.92. The first-order chi connectivity index (χ1) is 15.7. The number of nitrogens with zero attached hydrogens (tertiary/aromatic N) is 4. The topological polar surface area (TPSA) is 53.4 Å². The zero-order valence-electron chi connectivity index (χ0n) is 19.2. The summed E-state index contributed by atoms with van der Waals surface area (Å²) < 4.78 is 15.9. The van der Waals surface area contributed by atoms with Gasteiger partial charge in [0, 0.05) is 36.6 Å². The van der Waals surface area contributed by atoms with Crippen LogP contribution in [0.1, 0.15) is 32.2 Å². The molecule has 0 spiro atoms. The summed E-state index contributed by atoms with van der Waals surface area (Å²) in [5.74, 6) is -0.237. The molecule has 174 valence electrons. The molecule has 0 saturated carbocycles. The summed E-state index contributed by atoms with van der Waals surface area (Å²) in [6.45, 7) is 8.88. The molecule has 1 aromatic heterocycles. The number of piperazine rings is 1. The van der Waals surface area contributed by atoms with Crippen LogP contribution in [-0.4, -0.2) is 46.9 Å². The van der Waals surface area contributed by atoms with Crippen molar-refractivity contribution in [2.24, 2.45) is 0 Å². The lowest BCUT2D eigenvalue weighted by Gasteiger charge is -2.36. The number of carbonyl (C=O) groups excluding carboxylic acids is 1. The van der Waals surface area contributed by atoms with Crippen molar-refractivity contribution in [2.75, 3.05) is 31.1 Å². The average molecular weight is 470 g/mol. The first-order valence-corrected chi connectivity index (χ1v) is 11.5. The van der Waals surface area contributed by atoms with Gasteiger partial charge in [-0.3, -0.25) is 0 Å². The lowest BCUT2D eigenvalue weighted by molar-refractivity contribution is 0.193. The second-order valence-electron chi connectivity index (χ2n) is 9.25. The van der Waals surface area contributed by atoms with Crippen LogP contribution in [0.4, 0.5) is 14.9 Å². The maximum atomic E-state index is 14.1. The highest BCUT2D eigenvalue weighted by atomic mass is 35.5. The van der Waals surface area contributed by atoms with E-state index in [2.05, 4.69) is 26.1 Å². The van der Waals surface area contributed by atoms with Crippen LogP contribution in [0.15, 0.2) is 54.6 Å². The van der Waals surface area contributed by atoms with E-state index in [1.165, 1.54) is 6.07 Å². The number of hydrogen-bond donors (Lipinski definition) is 1. The van der Waals surface area contributed by atoms with Gasteiger partial charge in [-0.05, 0) is 36.4 Å². The fraction of sp³-hybridized carbons (Fsp3) is 0.360. The van der Waals surface area contributed by atoms with Gasteiger partial charge in [0.2, 0.25) is 0 Å². The Labute approximate surface area is 198 Å². The van der Waals surface area contributed by atoms with Crippen LogP contribution in [0.3, 0.4) is 0 Å². The molecule has 33 heavy (non-hydrogen) atoms. The van der Waals surface area contributed by atoms with Crippen molar-refractivity contribution in [3.8, 4) is 5.69 Å². The summed E-state index contributed by atoms with van der Waals surface area (Å²) in [6, 6.07) is 16.1. The van der Waals surface area contributed by atoms with Crippen LogP contribution >= 0.6 is 11.6 Å². The standard InChI is InChI=1S/C25H29ClFN5O/c1-25(2,3)23-16-20(32(29-23)19-8-6-7-18(26)15-19)17-28-24(33)31-13-11-30(12-14-31)22-10-5-4-9-21(22)27/h4-10,15-16H,11-14,17H2,1-3H3,(H,28,33). The van der Waals surface area contributed by atoms with Crippen LogP contribution < -0.4 is 10.2 Å². The van der Waals surface area contributed by atoms with Gasteiger partial charge in [0.05, 0.1) is 29.3 Å². The van der Waals surface area contributed by atoms with E-state index in [9.17, 15) is 9.18 Å². The Balaban J connectivity index is 1.43. The number of halogens is 2. The van der Waals surface area contributed by atoms with Crippen LogP contribution in [0.25, 0.3) is 5.69 Å². The van der Waals surface area contributed by atoms with E-state index in [4.69, 9.17) is 16.7 Å². The quantitative estimate of drug-likeness (QED) is 0.585. The molecule has 0 atom stereocenters. The Kier molecular flexibility index (Phi) is 6.61. The minimum absolute atomic E-state index is 0.133. The van der Waals surface area contributed by atoms with Gasteiger partial charge >= 0.3 is 6.03 Å². The number of hydrogen-bond acceptors (Lipinski definition) is 3. The molecular formula is C25H29ClFN5O. The number of para-hydroxylation sites is 1. The molecule has 0 radical (unpaired) electrons. The van der Waals surface area contributed by atoms with Crippen molar-refractivity contribution >= 4 is 23.3 Å². The molecule has 1 fully saturated rings. The van der Waals surface area contributed by atoms with Gasteiger partial charge in [-0.1, -0.05) is 50.6 Å². The summed E-state index contributed by atoms with van der Waals surface area (Å²) in [5.41, 5.74) is 3.11. The van der Waals surface area contributed by atoms with E-state index >= 15 is 0 Å². The number of rotatable bonds is 4. The van der Waals surface area contributed by atoms with Crippen LogP contribution in [0.2, 0.25) is 5.02 Å². The number of amides is 2. The number of aromatic nitrogens is 2. The van der Waals surface area contributed by atoms with Crippen molar-refractivity contribution in [1.29, 1.82) is 0 Å². The third-order valence-electron chi connectivity index (χ3n) is 5.79. The van der Waals surface area contributed by atoms with Crippen LogP contribution in [0, 0.1) is 5.82 Å². The van der Waals surface area contributed by atoms with Crippen molar-refractivity contribution in [3.05, 3.63) is 76.8 Å². The third kappa shape index (κ3) is 5.30. The first kappa shape index (κ1) is 23.1. The smallest absolute Gasteiger partial charge is 0.317 e. The van der Waals surface area contributed by atoms with Gasteiger partial charge in [-0.2, -0.15) is 5.10 Å². The summed E-state index contributed by atoms with van der Waals surface area (Å²) in [4.78, 5) is 16.6. The molecule has 1 aliphatic heterocycles. The molecule has 1 aliphatic rings. The second kappa shape index (κ2) is 9.43. The molecule has 0 bridgehead atoms. The van der Waals surface area contributed by atoms with Gasteiger partial charge in [0.15, 0.2) is 0 Å². The van der Waals surface area contributed by atoms with E-state index in [0.717, 1.165) is 17.1 Å². The predicted octanol–water partition coefficient (Wildman–Crippen LogP) is 4.99. The van der Waals surface area contributed by atoms with E-state index < -0.39 is 0 Å². The average Bonchev–Trinajstić information content (AvgIpc) is 3.23. The Morgan fingerprint density at radius 2 is 1.79 bits per heavy atom. The van der Waals surface area contributed by atoms with Gasteiger partial charge in [0.25, 0.3) is 0 Å². The van der Waals surface area contributed by atoms with Gasteiger partial charge in [-0.25, -0.2) is 13.9 Å². The van der Waals surface area contributed by atoms with Crippen molar-refractivity contribution in [2.45, 2.75) is 32.7 Å². The molecule has 3 aromatic rings. The van der Waals surface area contributed by atoms with E-state index in [1.54, 1.807) is 17.0 Å². The maximum Gasteiger partial charge on any atom is 0.317 e. The molecule has 2 amide bonds. The second-order valence-corrected chi connectivity index (χ2v) is 9.68. The number of nitrogens with one attached hydrogen (secondary N) is 1. The number of anilines is 1. The molecule has 1 N–H and O–H groups in total.